The normalized spacial score (nSPS) is 17.6. The van der Waals surface area contributed by atoms with Gasteiger partial charge in [0.25, 0.3) is 0 Å². The molecular formula is C20H35N5O2. The standard InChI is InChI=1S/C20H35N5O2/c1-15(2)24(4)10-8-22-20(21-3)23-16-7-9-25(14-16)17-11-18(26-5)13-19(12-17)27-6/h11-13,15-16H,7-10,14H2,1-6H3,(H2,21,22,23). The number of anilines is 1. The SMILES string of the molecule is CN=C(NCCN(C)C(C)C)NC1CCN(c2cc(OC)cc(OC)c2)C1. The molecule has 27 heavy (non-hydrogen) atoms. The van der Waals surface area contributed by atoms with E-state index in [4.69, 9.17) is 9.47 Å². The lowest BCUT2D eigenvalue weighted by Gasteiger charge is -2.23. The van der Waals surface area contributed by atoms with E-state index in [0.29, 0.717) is 12.1 Å². The smallest absolute Gasteiger partial charge is 0.191 e. The van der Waals surface area contributed by atoms with E-state index in [-0.39, 0.29) is 0 Å². The Labute approximate surface area is 163 Å². The Kier molecular flexibility index (Phi) is 8.03. The molecule has 0 amide bonds. The fourth-order valence-corrected chi connectivity index (χ4v) is 3.08. The molecule has 0 spiro atoms. The van der Waals surface area contributed by atoms with Crippen molar-refractivity contribution in [3.05, 3.63) is 18.2 Å². The van der Waals surface area contributed by atoms with Crippen molar-refractivity contribution < 1.29 is 9.47 Å². The van der Waals surface area contributed by atoms with Crippen LogP contribution in [0.25, 0.3) is 0 Å². The second-order valence-electron chi connectivity index (χ2n) is 7.22. The van der Waals surface area contributed by atoms with Gasteiger partial charge in [0.1, 0.15) is 11.5 Å². The number of methoxy groups -OCH3 is 2. The Balaban J connectivity index is 1.88. The first-order valence-electron chi connectivity index (χ1n) is 9.62. The zero-order valence-electron chi connectivity index (χ0n) is 17.6. The van der Waals surface area contributed by atoms with Crippen molar-refractivity contribution in [2.45, 2.75) is 32.4 Å². The van der Waals surface area contributed by atoms with Crippen LogP contribution in [0.1, 0.15) is 20.3 Å². The molecule has 0 saturated carbocycles. The minimum Gasteiger partial charge on any atom is -0.497 e. The summed E-state index contributed by atoms with van der Waals surface area (Å²) in [6, 6.07) is 6.91. The third-order valence-corrected chi connectivity index (χ3v) is 5.09. The van der Waals surface area contributed by atoms with E-state index in [0.717, 1.165) is 55.7 Å². The summed E-state index contributed by atoms with van der Waals surface area (Å²) in [5.41, 5.74) is 1.12. The Hall–Kier alpha value is -2.15. The highest BCUT2D eigenvalue weighted by molar-refractivity contribution is 5.80. The van der Waals surface area contributed by atoms with Gasteiger partial charge in [-0.2, -0.15) is 0 Å². The van der Waals surface area contributed by atoms with Crippen molar-refractivity contribution in [2.75, 3.05) is 59.4 Å². The monoisotopic (exact) mass is 377 g/mol. The Morgan fingerprint density at radius 3 is 2.48 bits per heavy atom. The summed E-state index contributed by atoms with van der Waals surface area (Å²) in [4.78, 5) is 9.03. The van der Waals surface area contributed by atoms with E-state index < -0.39 is 0 Å². The van der Waals surface area contributed by atoms with Crippen LogP contribution >= 0.6 is 0 Å². The van der Waals surface area contributed by atoms with Crippen LogP contribution in [-0.2, 0) is 0 Å². The summed E-state index contributed by atoms with van der Waals surface area (Å²) in [5, 5.41) is 6.95. The van der Waals surface area contributed by atoms with Crippen LogP contribution in [0.15, 0.2) is 23.2 Å². The quantitative estimate of drug-likeness (QED) is 0.532. The van der Waals surface area contributed by atoms with Gasteiger partial charge < -0.3 is 29.9 Å². The van der Waals surface area contributed by atoms with Gasteiger partial charge >= 0.3 is 0 Å². The van der Waals surface area contributed by atoms with Crippen LogP contribution in [0.2, 0.25) is 0 Å². The maximum absolute atomic E-state index is 5.39. The molecule has 7 nitrogen and oxygen atoms in total. The van der Waals surface area contributed by atoms with Crippen LogP contribution in [0, 0.1) is 0 Å². The van der Waals surface area contributed by atoms with E-state index in [2.05, 4.69) is 58.5 Å². The lowest BCUT2D eigenvalue weighted by atomic mass is 10.2. The molecule has 1 aliphatic rings. The molecule has 1 heterocycles. The third-order valence-electron chi connectivity index (χ3n) is 5.09. The number of guanidine groups is 1. The predicted molar refractivity (Wildman–Crippen MR) is 112 cm³/mol. The summed E-state index contributed by atoms with van der Waals surface area (Å²) in [6.45, 7) is 8.17. The summed E-state index contributed by atoms with van der Waals surface area (Å²) in [6.07, 6.45) is 1.06. The molecule has 7 heteroatoms. The van der Waals surface area contributed by atoms with Crippen LogP contribution in [-0.4, -0.2) is 77.4 Å². The van der Waals surface area contributed by atoms with E-state index in [1.807, 2.05) is 13.1 Å². The van der Waals surface area contributed by atoms with Gasteiger partial charge in [-0.05, 0) is 27.3 Å². The average molecular weight is 378 g/mol. The summed E-state index contributed by atoms with van der Waals surface area (Å²) in [7, 11) is 7.32. The minimum absolute atomic E-state index is 0.358. The lowest BCUT2D eigenvalue weighted by molar-refractivity contribution is 0.278. The molecule has 1 aromatic rings. The number of aliphatic imine (C=N–C) groups is 1. The highest BCUT2D eigenvalue weighted by Crippen LogP contribution is 2.30. The van der Waals surface area contributed by atoms with Gasteiger partial charge in [-0.15, -0.1) is 0 Å². The maximum Gasteiger partial charge on any atom is 0.191 e. The van der Waals surface area contributed by atoms with Crippen LogP contribution in [0.4, 0.5) is 5.69 Å². The predicted octanol–water partition coefficient (Wildman–Crippen LogP) is 1.79. The van der Waals surface area contributed by atoms with Gasteiger partial charge in [0.05, 0.1) is 14.2 Å². The topological polar surface area (TPSA) is 61.4 Å². The van der Waals surface area contributed by atoms with Gasteiger partial charge in [0, 0.05) is 69.2 Å². The second kappa shape index (κ2) is 10.3. The van der Waals surface area contributed by atoms with Crippen molar-refractivity contribution in [2.24, 2.45) is 4.99 Å². The fraction of sp³-hybridized carbons (Fsp3) is 0.650. The molecular weight excluding hydrogens is 342 g/mol. The average Bonchev–Trinajstić information content (AvgIpc) is 3.15. The van der Waals surface area contributed by atoms with Crippen molar-refractivity contribution in [1.29, 1.82) is 0 Å². The first-order chi connectivity index (χ1) is 13.0. The summed E-state index contributed by atoms with van der Waals surface area (Å²) >= 11 is 0. The maximum atomic E-state index is 5.39. The molecule has 2 rings (SSSR count). The Bertz CT molecular complexity index is 598. The molecule has 1 aromatic carbocycles. The molecule has 1 atom stereocenters. The van der Waals surface area contributed by atoms with Gasteiger partial charge in [-0.3, -0.25) is 4.99 Å². The summed E-state index contributed by atoms with van der Waals surface area (Å²) < 4.78 is 10.8. The van der Waals surface area contributed by atoms with Gasteiger partial charge in [0.2, 0.25) is 0 Å². The van der Waals surface area contributed by atoms with Crippen molar-refractivity contribution >= 4 is 11.6 Å². The number of hydrogen-bond acceptors (Lipinski definition) is 5. The van der Waals surface area contributed by atoms with Gasteiger partial charge in [0.15, 0.2) is 5.96 Å². The number of likely N-dealkylation sites (N-methyl/N-ethyl adjacent to an activating group) is 1. The molecule has 0 bridgehead atoms. The van der Waals surface area contributed by atoms with Crippen LogP contribution in [0.5, 0.6) is 11.5 Å². The zero-order chi connectivity index (χ0) is 19.8. The Morgan fingerprint density at radius 2 is 1.93 bits per heavy atom. The molecule has 2 N–H and O–H groups in total. The molecule has 0 radical (unpaired) electrons. The van der Waals surface area contributed by atoms with Crippen LogP contribution in [0.3, 0.4) is 0 Å². The lowest BCUT2D eigenvalue weighted by Crippen LogP contribution is -2.46. The summed E-state index contributed by atoms with van der Waals surface area (Å²) in [5.74, 6) is 2.49. The largest absolute Gasteiger partial charge is 0.497 e. The molecule has 152 valence electrons. The van der Waals surface area contributed by atoms with E-state index in [1.54, 1.807) is 14.2 Å². The number of hydrogen-bond donors (Lipinski definition) is 2. The van der Waals surface area contributed by atoms with E-state index in [9.17, 15) is 0 Å². The van der Waals surface area contributed by atoms with Gasteiger partial charge in [-0.25, -0.2) is 0 Å². The number of rotatable bonds is 8. The van der Waals surface area contributed by atoms with Crippen LogP contribution < -0.4 is 25.0 Å². The molecule has 0 aromatic heterocycles. The Morgan fingerprint density at radius 1 is 1.26 bits per heavy atom. The zero-order valence-corrected chi connectivity index (χ0v) is 17.6. The fourth-order valence-electron chi connectivity index (χ4n) is 3.08. The molecule has 1 aliphatic heterocycles. The number of benzene rings is 1. The van der Waals surface area contributed by atoms with E-state index in [1.165, 1.54) is 0 Å². The molecule has 1 unspecified atom stereocenters. The number of ether oxygens (including phenoxy) is 2. The molecule has 1 fully saturated rings. The van der Waals surface area contributed by atoms with Gasteiger partial charge in [-0.1, -0.05) is 0 Å². The van der Waals surface area contributed by atoms with E-state index >= 15 is 0 Å². The second-order valence-corrected chi connectivity index (χ2v) is 7.22. The first kappa shape index (κ1) is 21.2. The minimum atomic E-state index is 0.358. The third kappa shape index (κ3) is 6.20. The molecule has 0 aliphatic carbocycles. The molecule has 1 saturated heterocycles. The number of nitrogens with one attached hydrogen (secondary N) is 2. The highest BCUT2D eigenvalue weighted by atomic mass is 16.5. The first-order valence-corrected chi connectivity index (χ1v) is 9.62. The highest BCUT2D eigenvalue weighted by Gasteiger charge is 2.24. The van der Waals surface area contributed by atoms with Crippen molar-refractivity contribution in [1.82, 2.24) is 15.5 Å². The number of nitrogens with zero attached hydrogens (tertiary/aromatic N) is 3. The van der Waals surface area contributed by atoms with Crippen molar-refractivity contribution in [3.63, 3.8) is 0 Å². The van der Waals surface area contributed by atoms with Crippen molar-refractivity contribution in [3.8, 4) is 11.5 Å².